The summed E-state index contributed by atoms with van der Waals surface area (Å²) in [4.78, 5) is 34.2. The summed E-state index contributed by atoms with van der Waals surface area (Å²) in [5.74, 6) is -0.361. The number of benzene rings is 2. The van der Waals surface area contributed by atoms with Gasteiger partial charge in [-0.3, -0.25) is 19.7 Å². The molecule has 0 radical (unpaired) electrons. The van der Waals surface area contributed by atoms with Gasteiger partial charge in [-0.05, 0) is 35.9 Å². The summed E-state index contributed by atoms with van der Waals surface area (Å²) < 4.78 is 5.05. The second kappa shape index (κ2) is 8.43. The molecule has 134 valence electrons. The monoisotopic (exact) mass is 355 g/mol. The van der Waals surface area contributed by atoms with Crippen molar-refractivity contribution in [3.63, 3.8) is 0 Å². The van der Waals surface area contributed by atoms with Crippen molar-refractivity contribution in [2.24, 2.45) is 0 Å². The molecule has 0 aliphatic heterocycles. The van der Waals surface area contributed by atoms with Crippen LogP contribution in [0, 0.1) is 10.1 Å². The highest BCUT2D eigenvalue weighted by Gasteiger charge is 2.13. The van der Waals surface area contributed by atoms with E-state index in [0.717, 1.165) is 0 Å². The van der Waals surface area contributed by atoms with Gasteiger partial charge in [0, 0.05) is 24.7 Å². The highest BCUT2D eigenvalue weighted by Crippen LogP contribution is 2.18. The van der Waals surface area contributed by atoms with Crippen molar-refractivity contribution in [3.8, 4) is 5.75 Å². The summed E-state index contributed by atoms with van der Waals surface area (Å²) in [5.41, 5.74) is 0.768. The lowest BCUT2D eigenvalue weighted by atomic mass is 10.1. The molecule has 8 heteroatoms. The Bertz CT molecular complexity index is 859. The molecule has 0 saturated carbocycles. The Labute approximate surface area is 149 Å². The van der Waals surface area contributed by atoms with E-state index in [4.69, 9.17) is 4.74 Å². The van der Waals surface area contributed by atoms with E-state index in [2.05, 4.69) is 10.6 Å². The number of nitro groups is 1. The van der Waals surface area contributed by atoms with Crippen LogP contribution in [0.3, 0.4) is 0 Å². The van der Waals surface area contributed by atoms with E-state index in [9.17, 15) is 19.7 Å². The van der Waals surface area contributed by atoms with Crippen LogP contribution in [0.1, 0.15) is 12.5 Å². The van der Waals surface area contributed by atoms with Crippen molar-refractivity contribution in [2.75, 3.05) is 12.4 Å². The van der Waals surface area contributed by atoms with Crippen LogP contribution in [-0.4, -0.2) is 23.8 Å². The molecule has 2 aromatic carbocycles. The summed E-state index contributed by atoms with van der Waals surface area (Å²) in [6, 6.07) is 12.4. The molecule has 26 heavy (non-hydrogen) atoms. The summed E-state index contributed by atoms with van der Waals surface area (Å²) in [5, 5.41) is 15.9. The van der Waals surface area contributed by atoms with Crippen LogP contribution >= 0.6 is 0 Å². The standard InChI is InChI=1S/C18H17N3O5/c1-12(22)19-17(11-13-4-3-5-15(10-13)21(24)25)18(23)20-14-6-8-16(26-2)9-7-14/h3-11H,1-2H3,(H,19,22)(H,20,23)/b17-11-. The minimum atomic E-state index is -0.558. The molecule has 0 aliphatic carbocycles. The van der Waals surface area contributed by atoms with Gasteiger partial charge in [-0.25, -0.2) is 0 Å². The minimum Gasteiger partial charge on any atom is -0.497 e. The Hall–Kier alpha value is -3.68. The highest BCUT2D eigenvalue weighted by atomic mass is 16.6. The van der Waals surface area contributed by atoms with E-state index in [-0.39, 0.29) is 11.4 Å². The molecular weight excluding hydrogens is 338 g/mol. The fourth-order valence-electron chi connectivity index (χ4n) is 2.12. The third kappa shape index (κ3) is 5.17. The van der Waals surface area contributed by atoms with E-state index in [1.807, 2.05) is 0 Å². The van der Waals surface area contributed by atoms with Crippen molar-refractivity contribution >= 4 is 29.3 Å². The Morgan fingerprint density at radius 2 is 1.85 bits per heavy atom. The second-order valence-electron chi connectivity index (χ2n) is 5.27. The van der Waals surface area contributed by atoms with Crippen LogP contribution in [0.5, 0.6) is 5.75 Å². The van der Waals surface area contributed by atoms with Crippen molar-refractivity contribution in [1.29, 1.82) is 0 Å². The maximum Gasteiger partial charge on any atom is 0.272 e. The van der Waals surface area contributed by atoms with E-state index >= 15 is 0 Å². The fraction of sp³-hybridized carbons (Fsp3) is 0.111. The lowest BCUT2D eigenvalue weighted by Crippen LogP contribution is -2.28. The average Bonchev–Trinajstić information content (AvgIpc) is 2.61. The Balaban J connectivity index is 2.27. The van der Waals surface area contributed by atoms with Gasteiger partial charge in [0.1, 0.15) is 11.4 Å². The third-order valence-electron chi connectivity index (χ3n) is 3.30. The first-order valence-electron chi connectivity index (χ1n) is 7.58. The Morgan fingerprint density at radius 1 is 1.15 bits per heavy atom. The van der Waals surface area contributed by atoms with Gasteiger partial charge < -0.3 is 15.4 Å². The summed E-state index contributed by atoms with van der Waals surface area (Å²) in [6.07, 6.45) is 1.37. The number of hydrogen-bond donors (Lipinski definition) is 2. The van der Waals surface area contributed by atoms with E-state index in [0.29, 0.717) is 17.0 Å². The fourth-order valence-corrected chi connectivity index (χ4v) is 2.12. The Morgan fingerprint density at radius 3 is 2.42 bits per heavy atom. The van der Waals surface area contributed by atoms with Gasteiger partial charge >= 0.3 is 0 Å². The molecule has 2 N–H and O–H groups in total. The second-order valence-corrected chi connectivity index (χ2v) is 5.27. The SMILES string of the molecule is COc1ccc(NC(=O)/C(=C/c2cccc([N+](=O)[O-])c2)NC(C)=O)cc1. The molecule has 2 amide bonds. The van der Waals surface area contributed by atoms with Crippen molar-refractivity contribution < 1.29 is 19.2 Å². The number of anilines is 1. The largest absolute Gasteiger partial charge is 0.497 e. The number of nitrogens with one attached hydrogen (secondary N) is 2. The molecule has 8 nitrogen and oxygen atoms in total. The highest BCUT2D eigenvalue weighted by molar-refractivity contribution is 6.08. The number of amides is 2. The number of hydrogen-bond acceptors (Lipinski definition) is 5. The van der Waals surface area contributed by atoms with Crippen molar-refractivity contribution in [2.45, 2.75) is 6.92 Å². The van der Waals surface area contributed by atoms with Gasteiger partial charge in [-0.1, -0.05) is 12.1 Å². The molecule has 0 fully saturated rings. The lowest BCUT2D eigenvalue weighted by Gasteiger charge is -2.10. The number of rotatable bonds is 6. The van der Waals surface area contributed by atoms with Crippen LogP contribution in [0.15, 0.2) is 54.2 Å². The van der Waals surface area contributed by atoms with E-state index in [1.165, 1.54) is 38.3 Å². The summed E-state index contributed by atoms with van der Waals surface area (Å²) >= 11 is 0. The molecule has 2 rings (SSSR count). The first-order chi connectivity index (χ1) is 12.4. The molecule has 0 saturated heterocycles. The molecular formula is C18H17N3O5. The van der Waals surface area contributed by atoms with E-state index < -0.39 is 16.7 Å². The number of carbonyl (C=O) groups excluding carboxylic acids is 2. The maximum atomic E-state index is 12.5. The first-order valence-corrected chi connectivity index (χ1v) is 7.58. The number of nitro benzene ring substituents is 1. The molecule has 0 unspecified atom stereocenters. The van der Waals surface area contributed by atoms with Gasteiger partial charge in [0.25, 0.3) is 11.6 Å². The van der Waals surface area contributed by atoms with Gasteiger partial charge in [-0.15, -0.1) is 0 Å². The number of methoxy groups -OCH3 is 1. The van der Waals surface area contributed by atoms with E-state index in [1.54, 1.807) is 30.3 Å². The normalized spacial score (nSPS) is 10.8. The average molecular weight is 355 g/mol. The smallest absolute Gasteiger partial charge is 0.272 e. The van der Waals surface area contributed by atoms with Gasteiger partial charge in [0.2, 0.25) is 5.91 Å². The summed E-state index contributed by atoms with van der Waals surface area (Å²) in [6.45, 7) is 1.27. The van der Waals surface area contributed by atoms with Crippen LogP contribution in [-0.2, 0) is 9.59 Å². The van der Waals surface area contributed by atoms with Gasteiger partial charge in [0.05, 0.1) is 12.0 Å². The molecule has 0 bridgehead atoms. The Kier molecular flexibility index (Phi) is 6.05. The molecule has 0 heterocycles. The predicted octanol–water partition coefficient (Wildman–Crippen LogP) is 2.72. The van der Waals surface area contributed by atoms with Crippen LogP contribution in [0.4, 0.5) is 11.4 Å². The molecule has 2 aromatic rings. The van der Waals surface area contributed by atoms with Crippen LogP contribution in [0.2, 0.25) is 0 Å². The number of nitrogens with zero attached hydrogens (tertiary/aromatic N) is 1. The quantitative estimate of drug-likeness (QED) is 0.470. The third-order valence-corrected chi connectivity index (χ3v) is 3.30. The zero-order valence-corrected chi connectivity index (χ0v) is 14.2. The zero-order valence-electron chi connectivity index (χ0n) is 14.2. The molecule has 0 aromatic heterocycles. The summed E-state index contributed by atoms with van der Waals surface area (Å²) in [7, 11) is 1.53. The lowest BCUT2D eigenvalue weighted by molar-refractivity contribution is -0.384. The topological polar surface area (TPSA) is 111 Å². The zero-order chi connectivity index (χ0) is 19.1. The van der Waals surface area contributed by atoms with Crippen molar-refractivity contribution in [3.05, 3.63) is 69.9 Å². The van der Waals surface area contributed by atoms with Crippen LogP contribution in [0.25, 0.3) is 6.08 Å². The molecule has 0 aliphatic rings. The van der Waals surface area contributed by atoms with Crippen molar-refractivity contribution in [1.82, 2.24) is 5.32 Å². The van der Waals surface area contributed by atoms with Crippen LogP contribution < -0.4 is 15.4 Å². The number of carbonyl (C=O) groups is 2. The first kappa shape index (κ1) is 18.7. The van der Waals surface area contributed by atoms with Gasteiger partial charge in [0.15, 0.2) is 0 Å². The minimum absolute atomic E-state index is 0.0335. The van der Waals surface area contributed by atoms with Gasteiger partial charge in [-0.2, -0.15) is 0 Å². The number of ether oxygens (including phenoxy) is 1. The molecule has 0 spiro atoms. The molecule has 0 atom stereocenters. The number of non-ortho nitro benzene ring substituents is 1. The maximum absolute atomic E-state index is 12.5. The predicted molar refractivity (Wildman–Crippen MR) is 96.5 cm³/mol.